The molecule has 2 aromatic carbocycles. The molecule has 1 aliphatic carbocycles. The highest BCUT2D eigenvalue weighted by molar-refractivity contribution is 6.21. The van der Waals surface area contributed by atoms with Gasteiger partial charge >= 0.3 is 0 Å². The Balaban J connectivity index is 1.98. The molecule has 1 nitrogen and oxygen atoms in total. The fourth-order valence-corrected chi connectivity index (χ4v) is 3.04. The molecule has 2 aliphatic rings. The largest absolute Gasteiger partial charge is 0.306 e. The average Bonchev–Trinajstić information content (AvgIpc) is 2.82. The summed E-state index contributed by atoms with van der Waals surface area (Å²) in [7, 11) is 5.94. The third kappa shape index (κ3) is 1.60. The van der Waals surface area contributed by atoms with Crippen molar-refractivity contribution in [1.82, 2.24) is 0 Å². The summed E-state index contributed by atoms with van der Waals surface area (Å²) in [6, 6.07) is 18.9. The molecule has 0 spiro atoms. The van der Waals surface area contributed by atoms with Gasteiger partial charge in [-0.1, -0.05) is 47.6 Å². The number of rotatable bonds is 1. The van der Waals surface area contributed by atoms with Gasteiger partial charge in [0.1, 0.15) is 7.85 Å². The molecular formula is C18H12BN. The molecule has 0 aromatic heterocycles. The summed E-state index contributed by atoms with van der Waals surface area (Å²) >= 11 is 0. The van der Waals surface area contributed by atoms with Gasteiger partial charge in [-0.3, -0.25) is 0 Å². The topological polar surface area (TPSA) is 3.24 Å². The Morgan fingerprint density at radius 3 is 2.55 bits per heavy atom. The highest BCUT2D eigenvalue weighted by atomic mass is 15.2. The van der Waals surface area contributed by atoms with Gasteiger partial charge in [0.25, 0.3) is 0 Å². The minimum Gasteiger partial charge on any atom is -0.306 e. The molecule has 4 rings (SSSR count). The first-order valence-corrected chi connectivity index (χ1v) is 6.79. The molecule has 0 amide bonds. The summed E-state index contributed by atoms with van der Waals surface area (Å²) in [6.45, 7) is 0. The van der Waals surface area contributed by atoms with Crippen LogP contribution in [0.2, 0.25) is 0 Å². The first-order valence-electron chi connectivity index (χ1n) is 6.79. The number of hydrogen-bond donors (Lipinski definition) is 0. The lowest BCUT2D eigenvalue weighted by molar-refractivity contribution is 0.816. The number of anilines is 2. The fourth-order valence-electron chi connectivity index (χ4n) is 3.04. The van der Waals surface area contributed by atoms with Crippen molar-refractivity contribution >= 4 is 19.2 Å². The van der Waals surface area contributed by atoms with Crippen molar-refractivity contribution in [2.24, 2.45) is 0 Å². The van der Waals surface area contributed by atoms with Crippen LogP contribution >= 0.6 is 0 Å². The van der Waals surface area contributed by atoms with Crippen molar-refractivity contribution in [2.45, 2.75) is 12.3 Å². The molecule has 2 heteroatoms. The van der Waals surface area contributed by atoms with Gasteiger partial charge < -0.3 is 4.90 Å². The Kier molecular flexibility index (Phi) is 2.47. The van der Waals surface area contributed by atoms with Gasteiger partial charge in [-0.25, -0.2) is 0 Å². The van der Waals surface area contributed by atoms with E-state index in [1.165, 1.54) is 11.3 Å². The summed E-state index contributed by atoms with van der Waals surface area (Å²) in [5, 5.41) is 0. The van der Waals surface area contributed by atoms with Crippen LogP contribution < -0.4 is 4.90 Å². The van der Waals surface area contributed by atoms with Crippen molar-refractivity contribution in [3.63, 3.8) is 0 Å². The number of allylic oxidation sites excluding steroid dienone is 2. The Labute approximate surface area is 120 Å². The molecule has 0 saturated carbocycles. The van der Waals surface area contributed by atoms with Gasteiger partial charge in [-0.2, -0.15) is 0 Å². The molecule has 0 saturated heterocycles. The van der Waals surface area contributed by atoms with Gasteiger partial charge in [0.15, 0.2) is 0 Å². The zero-order valence-electron chi connectivity index (χ0n) is 11.0. The van der Waals surface area contributed by atoms with E-state index in [4.69, 9.17) is 7.85 Å². The monoisotopic (exact) mass is 253 g/mol. The summed E-state index contributed by atoms with van der Waals surface area (Å²) < 4.78 is 0. The first kappa shape index (κ1) is 11.4. The smallest absolute Gasteiger partial charge is 0.120 e. The second-order valence-corrected chi connectivity index (χ2v) is 5.15. The average molecular weight is 253 g/mol. The lowest BCUT2D eigenvalue weighted by Gasteiger charge is -2.22. The Hall–Kier alpha value is -2.40. The highest BCUT2D eigenvalue weighted by Gasteiger charge is 2.35. The number of benzene rings is 2. The van der Waals surface area contributed by atoms with Gasteiger partial charge in [0.2, 0.25) is 0 Å². The Morgan fingerprint density at radius 1 is 0.950 bits per heavy atom. The van der Waals surface area contributed by atoms with Crippen LogP contribution in [-0.2, 0) is 0 Å². The lowest BCUT2D eigenvalue weighted by Crippen LogP contribution is -2.14. The Morgan fingerprint density at radius 2 is 1.70 bits per heavy atom. The quantitative estimate of drug-likeness (QED) is 0.548. The van der Waals surface area contributed by atoms with Crippen LogP contribution in [0, 0.1) is 0 Å². The van der Waals surface area contributed by atoms with E-state index < -0.39 is 0 Å². The van der Waals surface area contributed by atoms with Crippen molar-refractivity contribution < 1.29 is 0 Å². The van der Waals surface area contributed by atoms with Gasteiger partial charge in [0, 0.05) is 11.6 Å². The van der Waals surface area contributed by atoms with Crippen LogP contribution in [0.3, 0.4) is 0 Å². The molecule has 20 heavy (non-hydrogen) atoms. The highest BCUT2D eigenvalue weighted by Crippen LogP contribution is 2.49. The molecule has 92 valence electrons. The standard InChI is InChI=1S/C18H12BN/c19-13-10-11-18-16(12-13)15-8-4-5-9-17(15)20(18)14-6-2-1-3-7-14/h1-9,16H,12H2. The van der Waals surface area contributed by atoms with E-state index >= 15 is 0 Å². The second kappa shape index (κ2) is 4.32. The maximum Gasteiger partial charge on any atom is 0.120 e. The van der Waals surface area contributed by atoms with Crippen LogP contribution in [0.5, 0.6) is 0 Å². The zero-order valence-corrected chi connectivity index (χ0v) is 11.0. The number of nitrogens with zero attached hydrogens (tertiary/aromatic N) is 1. The third-order valence-electron chi connectivity index (χ3n) is 3.91. The van der Waals surface area contributed by atoms with E-state index in [0.29, 0.717) is 5.92 Å². The van der Waals surface area contributed by atoms with E-state index in [0.717, 1.165) is 23.3 Å². The maximum atomic E-state index is 5.94. The van der Waals surface area contributed by atoms with Gasteiger partial charge in [0.05, 0.1) is 11.4 Å². The summed E-state index contributed by atoms with van der Waals surface area (Å²) in [4.78, 5) is 2.26. The van der Waals surface area contributed by atoms with Crippen LogP contribution in [0.1, 0.15) is 17.9 Å². The fraction of sp³-hybridized carbons (Fsp3) is 0.111. The molecule has 0 N–H and O–H groups in total. The Bertz CT molecular complexity index is 778. The number of para-hydroxylation sites is 2. The molecule has 2 aromatic rings. The molecule has 1 atom stereocenters. The summed E-state index contributed by atoms with van der Waals surface area (Å²) in [5.74, 6) is 0.299. The molecular weight excluding hydrogens is 241 g/mol. The molecule has 0 bridgehead atoms. The molecule has 2 radical (unpaired) electrons. The predicted octanol–water partition coefficient (Wildman–Crippen LogP) is 4.02. The lowest BCUT2D eigenvalue weighted by atomic mass is 9.81. The van der Waals surface area contributed by atoms with Crippen LogP contribution in [0.15, 0.2) is 77.2 Å². The number of fused-ring (bicyclic) bond motifs is 3. The van der Waals surface area contributed by atoms with E-state index in [2.05, 4.69) is 64.9 Å². The van der Waals surface area contributed by atoms with Gasteiger partial charge in [-0.05, 0) is 35.9 Å². The maximum absolute atomic E-state index is 5.94. The van der Waals surface area contributed by atoms with Crippen LogP contribution in [-0.4, -0.2) is 7.85 Å². The number of hydrogen-bond acceptors (Lipinski definition) is 1. The van der Waals surface area contributed by atoms with Gasteiger partial charge in [-0.15, -0.1) is 0 Å². The van der Waals surface area contributed by atoms with Crippen molar-refractivity contribution in [3.8, 4) is 0 Å². The van der Waals surface area contributed by atoms with Crippen molar-refractivity contribution in [3.05, 3.63) is 82.8 Å². The van der Waals surface area contributed by atoms with E-state index in [1.54, 1.807) is 0 Å². The van der Waals surface area contributed by atoms with E-state index in [9.17, 15) is 0 Å². The summed E-state index contributed by atoms with van der Waals surface area (Å²) in [5.41, 5.74) is 11.9. The normalized spacial score (nSPS) is 19.2. The van der Waals surface area contributed by atoms with Crippen molar-refractivity contribution in [1.29, 1.82) is 0 Å². The zero-order chi connectivity index (χ0) is 13.5. The van der Waals surface area contributed by atoms with Crippen LogP contribution in [0.4, 0.5) is 11.4 Å². The minimum atomic E-state index is 0.299. The molecule has 1 unspecified atom stereocenters. The van der Waals surface area contributed by atoms with E-state index in [-0.39, 0.29) is 0 Å². The minimum absolute atomic E-state index is 0.299. The first-order chi connectivity index (χ1) is 9.84. The second-order valence-electron chi connectivity index (χ2n) is 5.15. The van der Waals surface area contributed by atoms with Crippen molar-refractivity contribution in [2.75, 3.05) is 4.90 Å². The van der Waals surface area contributed by atoms with E-state index in [1.807, 2.05) is 6.07 Å². The third-order valence-corrected chi connectivity index (χ3v) is 3.91. The molecule has 1 aliphatic heterocycles. The SMILES string of the molecule is [B]C1=C=C=C2C(C1)c1ccccc1N2c1ccccc1. The molecule has 0 fully saturated rings. The molecule has 1 heterocycles. The predicted molar refractivity (Wildman–Crippen MR) is 82.2 cm³/mol. The van der Waals surface area contributed by atoms with Crippen LogP contribution in [0.25, 0.3) is 0 Å². The summed E-state index contributed by atoms with van der Waals surface area (Å²) in [6.07, 6.45) is 0.822.